The summed E-state index contributed by atoms with van der Waals surface area (Å²) in [6, 6.07) is 15.5. The van der Waals surface area contributed by atoms with Gasteiger partial charge in [0.1, 0.15) is 12.6 Å². The number of hydrogen-bond acceptors (Lipinski definition) is 4. The number of carboxylic acid groups (broad SMARTS) is 1. The van der Waals surface area contributed by atoms with Crippen LogP contribution in [0, 0.1) is 17.8 Å². The van der Waals surface area contributed by atoms with Crippen LogP contribution in [0.4, 0.5) is 4.79 Å². The fourth-order valence-electron chi connectivity index (χ4n) is 5.38. The van der Waals surface area contributed by atoms with Gasteiger partial charge < -0.3 is 20.5 Å². The molecule has 2 unspecified atom stereocenters. The maximum Gasteiger partial charge on any atom is 0.407 e. The summed E-state index contributed by atoms with van der Waals surface area (Å²) >= 11 is 0. The smallest absolute Gasteiger partial charge is 0.407 e. The standard InChI is InChI=1S/C28H34N2O5/c1-17(2)25(27(32)33)30-26(31)19-9-7-8-18(14-19)15-29-28(34)35-16-24-22-12-5-3-10-20(22)21-11-4-6-13-23(21)24/h3-6,10-13,17-19,24-25H,7-9,14-16H2,1-2H3,(H,29,34)(H,30,31)(H,32,33)/t18?,19?,25-/m1/s1. The Bertz CT molecular complexity index is 1040. The molecule has 0 saturated heterocycles. The summed E-state index contributed by atoms with van der Waals surface area (Å²) in [5, 5.41) is 14.9. The highest BCUT2D eigenvalue weighted by atomic mass is 16.5. The van der Waals surface area contributed by atoms with E-state index in [0.717, 1.165) is 19.3 Å². The Morgan fingerprint density at radius 1 is 1.00 bits per heavy atom. The van der Waals surface area contributed by atoms with E-state index in [1.807, 2.05) is 24.3 Å². The Morgan fingerprint density at radius 2 is 1.63 bits per heavy atom. The van der Waals surface area contributed by atoms with Crippen molar-refractivity contribution >= 4 is 18.0 Å². The molecule has 1 saturated carbocycles. The van der Waals surface area contributed by atoms with Crippen molar-refractivity contribution in [2.45, 2.75) is 51.5 Å². The average Bonchev–Trinajstić information content (AvgIpc) is 3.18. The van der Waals surface area contributed by atoms with Crippen LogP contribution < -0.4 is 10.6 Å². The van der Waals surface area contributed by atoms with Gasteiger partial charge in [-0.2, -0.15) is 0 Å². The van der Waals surface area contributed by atoms with Crippen LogP contribution in [-0.2, 0) is 14.3 Å². The molecule has 3 N–H and O–H groups in total. The zero-order chi connectivity index (χ0) is 24.9. The molecule has 2 aliphatic rings. The molecule has 35 heavy (non-hydrogen) atoms. The van der Waals surface area contributed by atoms with Gasteiger partial charge in [0.15, 0.2) is 0 Å². The van der Waals surface area contributed by atoms with Crippen molar-refractivity contribution in [2.24, 2.45) is 17.8 Å². The molecule has 0 spiro atoms. The maximum atomic E-state index is 12.7. The van der Waals surface area contributed by atoms with Crippen LogP contribution >= 0.6 is 0 Å². The number of rotatable bonds is 8. The van der Waals surface area contributed by atoms with Crippen LogP contribution in [0.2, 0.25) is 0 Å². The van der Waals surface area contributed by atoms with Gasteiger partial charge in [-0.25, -0.2) is 9.59 Å². The van der Waals surface area contributed by atoms with Crippen LogP contribution in [0.5, 0.6) is 0 Å². The molecule has 2 aromatic rings. The highest BCUT2D eigenvalue weighted by Gasteiger charge is 2.32. The first-order valence-electron chi connectivity index (χ1n) is 12.5. The van der Waals surface area contributed by atoms with Gasteiger partial charge in [0.2, 0.25) is 5.91 Å². The van der Waals surface area contributed by atoms with Gasteiger partial charge in [-0.3, -0.25) is 4.79 Å². The van der Waals surface area contributed by atoms with Crippen molar-refractivity contribution in [3.63, 3.8) is 0 Å². The summed E-state index contributed by atoms with van der Waals surface area (Å²) in [6.07, 6.45) is 2.69. The molecule has 2 aliphatic carbocycles. The van der Waals surface area contributed by atoms with Crippen LogP contribution in [0.25, 0.3) is 11.1 Å². The number of amides is 2. The van der Waals surface area contributed by atoms with Gasteiger partial charge in [0, 0.05) is 18.4 Å². The Morgan fingerprint density at radius 3 is 2.23 bits per heavy atom. The van der Waals surface area contributed by atoms with E-state index >= 15 is 0 Å². The van der Waals surface area contributed by atoms with E-state index in [2.05, 4.69) is 34.9 Å². The molecule has 0 aliphatic heterocycles. The summed E-state index contributed by atoms with van der Waals surface area (Å²) in [5.74, 6) is -1.49. The average molecular weight is 479 g/mol. The lowest BCUT2D eigenvalue weighted by molar-refractivity contribution is -0.144. The molecule has 0 bridgehead atoms. The predicted octanol–water partition coefficient (Wildman–Crippen LogP) is 4.56. The molecule has 2 aromatic carbocycles. The number of aliphatic carboxylic acids is 1. The van der Waals surface area contributed by atoms with Gasteiger partial charge in [-0.15, -0.1) is 0 Å². The van der Waals surface area contributed by atoms with Gasteiger partial charge in [0.25, 0.3) is 0 Å². The Kier molecular flexibility index (Phi) is 7.73. The monoisotopic (exact) mass is 478 g/mol. The lowest BCUT2D eigenvalue weighted by Crippen LogP contribution is -2.47. The van der Waals surface area contributed by atoms with Crippen molar-refractivity contribution in [3.05, 3.63) is 59.7 Å². The molecule has 0 aromatic heterocycles. The van der Waals surface area contributed by atoms with Crippen molar-refractivity contribution in [3.8, 4) is 11.1 Å². The molecule has 0 radical (unpaired) electrons. The van der Waals surface area contributed by atoms with Crippen molar-refractivity contribution in [1.82, 2.24) is 10.6 Å². The number of alkyl carbamates (subject to hydrolysis) is 1. The number of carbonyl (C=O) groups excluding carboxylic acids is 2. The van der Waals surface area contributed by atoms with Crippen LogP contribution in [0.3, 0.4) is 0 Å². The van der Waals surface area contributed by atoms with Crippen molar-refractivity contribution < 1.29 is 24.2 Å². The molecule has 1 fully saturated rings. The summed E-state index contributed by atoms with van der Waals surface area (Å²) in [5.41, 5.74) is 4.71. The second-order valence-corrected chi connectivity index (χ2v) is 10.0. The minimum absolute atomic E-state index is 0.0130. The van der Waals surface area contributed by atoms with Gasteiger partial charge in [0.05, 0.1) is 0 Å². The number of fused-ring (bicyclic) bond motifs is 3. The third-order valence-electron chi connectivity index (χ3n) is 7.26. The normalized spacial score (nSPS) is 20.0. The zero-order valence-corrected chi connectivity index (χ0v) is 20.3. The van der Waals surface area contributed by atoms with Crippen LogP contribution in [0.15, 0.2) is 48.5 Å². The molecule has 186 valence electrons. The SMILES string of the molecule is CC(C)[C@@H](NC(=O)C1CCCC(CNC(=O)OCC2c3ccccc3-c3ccccc32)C1)C(=O)O. The molecule has 7 nitrogen and oxygen atoms in total. The summed E-state index contributed by atoms with van der Waals surface area (Å²) < 4.78 is 5.62. The number of nitrogens with one attached hydrogen (secondary N) is 2. The number of carboxylic acids is 1. The lowest BCUT2D eigenvalue weighted by Gasteiger charge is -2.30. The Hall–Kier alpha value is -3.35. The zero-order valence-electron chi connectivity index (χ0n) is 20.3. The van der Waals surface area contributed by atoms with Gasteiger partial charge >= 0.3 is 12.1 Å². The minimum Gasteiger partial charge on any atom is -0.480 e. The van der Waals surface area contributed by atoms with E-state index in [1.54, 1.807) is 13.8 Å². The topological polar surface area (TPSA) is 105 Å². The van der Waals surface area contributed by atoms with Crippen LogP contribution in [0.1, 0.15) is 56.6 Å². The molecule has 0 heterocycles. The minimum atomic E-state index is -1.02. The second-order valence-electron chi connectivity index (χ2n) is 10.0. The third kappa shape index (κ3) is 5.66. The maximum absolute atomic E-state index is 12.7. The number of carbonyl (C=O) groups is 3. The number of hydrogen-bond donors (Lipinski definition) is 3. The van der Waals surface area contributed by atoms with Crippen LogP contribution in [-0.4, -0.2) is 42.3 Å². The first-order valence-corrected chi connectivity index (χ1v) is 12.5. The quantitative estimate of drug-likeness (QED) is 0.516. The first-order chi connectivity index (χ1) is 16.8. The number of benzene rings is 2. The second kappa shape index (κ2) is 10.9. The fraction of sp³-hybridized carbons (Fsp3) is 0.464. The Balaban J connectivity index is 1.27. The molecular formula is C28H34N2O5. The molecule has 4 rings (SSSR count). The number of ether oxygens (including phenoxy) is 1. The van der Waals surface area contributed by atoms with E-state index in [1.165, 1.54) is 22.3 Å². The van der Waals surface area contributed by atoms with Gasteiger partial charge in [-0.05, 0) is 53.4 Å². The highest BCUT2D eigenvalue weighted by molar-refractivity contribution is 5.85. The predicted molar refractivity (Wildman–Crippen MR) is 133 cm³/mol. The Labute approximate surface area is 206 Å². The summed E-state index contributed by atoms with van der Waals surface area (Å²) in [4.78, 5) is 36.6. The van der Waals surface area contributed by atoms with Gasteiger partial charge in [-0.1, -0.05) is 68.8 Å². The highest BCUT2D eigenvalue weighted by Crippen LogP contribution is 2.44. The van der Waals surface area contributed by atoms with E-state index in [9.17, 15) is 19.5 Å². The van der Waals surface area contributed by atoms with E-state index < -0.39 is 18.1 Å². The largest absolute Gasteiger partial charge is 0.480 e. The fourth-order valence-corrected chi connectivity index (χ4v) is 5.38. The summed E-state index contributed by atoms with van der Waals surface area (Å²) in [6.45, 7) is 4.26. The third-order valence-corrected chi connectivity index (χ3v) is 7.26. The molecule has 7 heteroatoms. The lowest BCUT2D eigenvalue weighted by atomic mass is 9.80. The van der Waals surface area contributed by atoms with E-state index in [4.69, 9.17) is 4.74 Å². The summed E-state index contributed by atoms with van der Waals surface area (Å²) in [7, 11) is 0. The molecule has 3 atom stereocenters. The van der Waals surface area contributed by atoms with Crippen molar-refractivity contribution in [1.29, 1.82) is 0 Å². The van der Waals surface area contributed by atoms with Crippen molar-refractivity contribution in [2.75, 3.05) is 13.2 Å². The first kappa shape index (κ1) is 24.8. The van der Waals surface area contributed by atoms with E-state index in [-0.39, 0.29) is 36.2 Å². The molecule has 2 amide bonds. The molecular weight excluding hydrogens is 444 g/mol. The van der Waals surface area contributed by atoms with E-state index in [0.29, 0.717) is 13.0 Å².